The topological polar surface area (TPSA) is 35.5 Å². The van der Waals surface area contributed by atoms with Gasteiger partial charge in [0.05, 0.1) is 19.1 Å². The number of carbonyl (C=O) groups is 1. The zero-order valence-corrected chi connectivity index (χ0v) is 12.4. The molecule has 0 aliphatic heterocycles. The Morgan fingerprint density at radius 1 is 1.11 bits per heavy atom. The lowest BCUT2D eigenvalue weighted by Gasteiger charge is -2.37. The Hall–Kier alpha value is -0.930. The molecule has 108 valence electrons. The first-order valence-electron chi connectivity index (χ1n) is 7.30. The maximum Gasteiger partial charge on any atom is 0.201 e. The number of allylic oxidation sites excluding steroid dienone is 2. The fourth-order valence-electron chi connectivity index (χ4n) is 2.09. The molecule has 0 N–H and O–H groups in total. The SMILES string of the molecule is CCCCOC1(OCCCC)C=CC=CC1C(C)=O. The second kappa shape index (κ2) is 8.28. The van der Waals surface area contributed by atoms with Crippen LogP contribution in [0.5, 0.6) is 0 Å². The minimum Gasteiger partial charge on any atom is -0.345 e. The van der Waals surface area contributed by atoms with Crippen LogP contribution in [-0.2, 0) is 14.3 Å². The van der Waals surface area contributed by atoms with E-state index in [4.69, 9.17) is 9.47 Å². The third-order valence-electron chi connectivity index (χ3n) is 3.27. The van der Waals surface area contributed by atoms with E-state index in [1.54, 1.807) is 6.92 Å². The summed E-state index contributed by atoms with van der Waals surface area (Å²) in [6.07, 6.45) is 11.6. The van der Waals surface area contributed by atoms with E-state index in [9.17, 15) is 4.79 Å². The average molecular weight is 266 g/mol. The fraction of sp³-hybridized carbons (Fsp3) is 0.688. The van der Waals surface area contributed by atoms with Gasteiger partial charge in [0.15, 0.2) is 0 Å². The van der Waals surface area contributed by atoms with E-state index in [1.807, 2.05) is 24.3 Å². The number of unbranched alkanes of at least 4 members (excludes halogenated alkanes) is 2. The van der Waals surface area contributed by atoms with Crippen LogP contribution in [-0.4, -0.2) is 24.8 Å². The summed E-state index contributed by atoms with van der Waals surface area (Å²) >= 11 is 0. The Bertz CT molecular complexity index is 321. The first kappa shape index (κ1) is 16.1. The normalized spacial score (nSPS) is 20.7. The van der Waals surface area contributed by atoms with Crippen molar-refractivity contribution in [1.29, 1.82) is 0 Å². The van der Waals surface area contributed by atoms with Crippen LogP contribution >= 0.6 is 0 Å². The molecule has 1 atom stereocenters. The van der Waals surface area contributed by atoms with Gasteiger partial charge in [0.2, 0.25) is 5.79 Å². The van der Waals surface area contributed by atoms with Crippen LogP contribution in [0.25, 0.3) is 0 Å². The summed E-state index contributed by atoms with van der Waals surface area (Å²) in [5, 5.41) is 0. The highest BCUT2D eigenvalue weighted by molar-refractivity contribution is 5.82. The molecule has 0 heterocycles. The number of hydrogen-bond acceptors (Lipinski definition) is 3. The Morgan fingerprint density at radius 3 is 2.16 bits per heavy atom. The van der Waals surface area contributed by atoms with E-state index in [0.717, 1.165) is 25.7 Å². The molecule has 0 saturated carbocycles. The van der Waals surface area contributed by atoms with Crippen LogP contribution < -0.4 is 0 Å². The quantitative estimate of drug-likeness (QED) is 0.472. The van der Waals surface area contributed by atoms with Crippen molar-refractivity contribution in [3.63, 3.8) is 0 Å². The fourth-order valence-corrected chi connectivity index (χ4v) is 2.09. The predicted molar refractivity (Wildman–Crippen MR) is 76.9 cm³/mol. The van der Waals surface area contributed by atoms with Gasteiger partial charge in [-0.25, -0.2) is 0 Å². The van der Waals surface area contributed by atoms with E-state index < -0.39 is 5.79 Å². The highest BCUT2D eigenvalue weighted by Crippen LogP contribution is 2.31. The summed E-state index contributed by atoms with van der Waals surface area (Å²) in [4.78, 5) is 11.8. The molecule has 0 saturated heterocycles. The predicted octanol–water partition coefficient (Wildman–Crippen LogP) is 3.65. The molecular weight excluding hydrogens is 240 g/mol. The lowest BCUT2D eigenvalue weighted by atomic mass is 9.90. The molecule has 3 heteroatoms. The summed E-state index contributed by atoms with van der Waals surface area (Å²) in [6.45, 7) is 7.06. The van der Waals surface area contributed by atoms with Crippen molar-refractivity contribution in [1.82, 2.24) is 0 Å². The van der Waals surface area contributed by atoms with Crippen molar-refractivity contribution in [3.8, 4) is 0 Å². The second-order valence-corrected chi connectivity index (χ2v) is 4.96. The van der Waals surface area contributed by atoms with E-state index in [1.165, 1.54) is 0 Å². The van der Waals surface area contributed by atoms with E-state index in [0.29, 0.717) is 13.2 Å². The molecule has 0 fully saturated rings. The van der Waals surface area contributed by atoms with Gasteiger partial charge >= 0.3 is 0 Å². The molecule has 1 aliphatic carbocycles. The summed E-state index contributed by atoms with van der Waals surface area (Å²) in [6, 6.07) is 0. The number of rotatable bonds is 9. The molecule has 0 amide bonds. The van der Waals surface area contributed by atoms with Gasteiger partial charge in [-0.2, -0.15) is 0 Å². The highest BCUT2D eigenvalue weighted by Gasteiger charge is 2.41. The third kappa shape index (κ3) is 4.59. The molecule has 0 aromatic heterocycles. The van der Waals surface area contributed by atoms with E-state index in [2.05, 4.69) is 13.8 Å². The minimum absolute atomic E-state index is 0.0774. The van der Waals surface area contributed by atoms with Crippen molar-refractivity contribution in [3.05, 3.63) is 24.3 Å². The van der Waals surface area contributed by atoms with Crippen LogP contribution in [0.15, 0.2) is 24.3 Å². The Morgan fingerprint density at radius 2 is 1.68 bits per heavy atom. The van der Waals surface area contributed by atoms with Gasteiger partial charge in [0, 0.05) is 0 Å². The molecule has 0 spiro atoms. The molecule has 3 nitrogen and oxygen atoms in total. The minimum atomic E-state index is -0.898. The third-order valence-corrected chi connectivity index (χ3v) is 3.27. The largest absolute Gasteiger partial charge is 0.345 e. The lowest BCUT2D eigenvalue weighted by Crippen LogP contribution is -2.45. The number of hydrogen-bond donors (Lipinski definition) is 0. The maximum atomic E-state index is 11.8. The lowest BCUT2D eigenvalue weighted by molar-refractivity contribution is -0.225. The van der Waals surface area contributed by atoms with Crippen LogP contribution in [0.3, 0.4) is 0 Å². The smallest absolute Gasteiger partial charge is 0.201 e. The zero-order chi connectivity index (χ0) is 14.1. The van der Waals surface area contributed by atoms with Gasteiger partial charge in [0.1, 0.15) is 5.78 Å². The first-order valence-corrected chi connectivity index (χ1v) is 7.30. The number of Topliss-reactive ketones (excluding diaryl/α,β-unsaturated/α-hetero) is 1. The zero-order valence-electron chi connectivity index (χ0n) is 12.4. The molecule has 1 aliphatic rings. The van der Waals surface area contributed by atoms with Crippen molar-refractivity contribution in [2.45, 2.75) is 52.2 Å². The van der Waals surface area contributed by atoms with Gasteiger partial charge in [0.25, 0.3) is 0 Å². The average Bonchev–Trinajstić information content (AvgIpc) is 2.40. The molecule has 0 radical (unpaired) electrons. The van der Waals surface area contributed by atoms with Crippen LogP contribution in [0.2, 0.25) is 0 Å². The Balaban J connectivity index is 2.78. The molecule has 0 bridgehead atoms. The molecule has 0 aromatic carbocycles. The van der Waals surface area contributed by atoms with Gasteiger partial charge in [-0.05, 0) is 25.8 Å². The molecule has 1 rings (SSSR count). The Labute approximate surface area is 116 Å². The van der Waals surface area contributed by atoms with E-state index >= 15 is 0 Å². The maximum absolute atomic E-state index is 11.8. The number of ketones is 1. The molecule has 1 unspecified atom stereocenters. The van der Waals surface area contributed by atoms with Crippen LogP contribution in [0.1, 0.15) is 46.5 Å². The summed E-state index contributed by atoms with van der Waals surface area (Å²) < 4.78 is 11.9. The number of ether oxygens (including phenoxy) is 2. The van der Waals surface area contributed by atoms with Gasteiger partial charge in [-0.1, -0.05) is 44.9 Å². The summed E-state index contributed by atoms with van der Waals surface area (Å²) in [7, 11) is 0. The highest BCUT2D eigenvalue weighted by atomic mass is 16.7. The molecule has 19 heavy (non-hydrogen) atoms. The van der Waals surface area contributed by atoms with Gasteiger partial charge < -0.3 is 9.47 Å². The summed E-state index contributed by atoms with van der Waals surface area (Å²) in [5.41, 5.74) is 0. The second-order valence-electron chi connectivity index (χ2n) is 4.96. The van der Waals surface area contributed by atoms with Crippen molar-refractivity contribution in [2.75, 3.05) is 13.2 Å². The van der Waals surface area contributed by atoms with Crippen LogP contribution in [0, 0.1) is 5.92 Å². The summed E-state index contributed by atoms with van der Waals surface area (Å²) in [5.74, 6) is -1.16. The monoisotopic (exact) mass is 266 g/mol. The van der Waals surface area contributed by atoms with Crippen LogP contribution in [0.4, 0.5) is 0 Å². The van der Waals surface area contributed by atoms with Gasteiger partial charge in [-0.15, -0.1) is 0 Å². The first-order chi connectivity index (χ1) is 9.16. The van der Waals surface area contributed by atoms with E-state index in [-0.39, 0.29) is 11.7 Å². The number of carbonyl (C=O) groups excluding carboxylic acids is 1. The van der Waals surface area contributed by atoms with Crippen molar-refractivity contribution in [2.24, 2.45) is 5.92 Å². The standard InChI is InChI=1S/C16H26O3/c1-4-6-12-18-16(19-13-7-5-2)11-9-8-10-15(16)14(3)17/h8-11,15H,4-7,12-13H2,1-3H3. The molecular formula is C16H26O3. The molecule has 0 aromatic rings. The Kier molecular flexibility index (Phi) is 7.03. The van der Waals surface area contributed by atoms with Gasteiger partial charge in [-0.3, -0.25) is 4.79 Å². The van der Waals surface area contributed by atoms with Crippen molar-refractivity contribution < 1.29 is 14.3 Å². The van der Waals surface area contributed by atoms with Crippen molar-refractivity contribution >= 4 is 5.78 Å².